The molecule has 1 aliphatic rings. The van der Waals surface area contributed by atoms with E-state index in [0.717, 1.165) is 12.2 Å². The van der Waals surface area contributed by atoms with Crippen LogP contribution in [0.1, 0.15) is 5.82 Å². The lowest BCUT2D eigenvalue weighted by Gasteiger charge is -2.21. The first-order valence-electron chi connectivity index (χ1n) is 6.38. The standard InChI is InChI=1S/C14H10FN3O4/c15-7-1-2-8-9(5-7)17-11(16-8)6-10(14(21)22)18-12(19)3-4-13(18)20/h1-5,10H,6H2,(H,16,17)(H,21,22)/t10-/m1/s1. The number of carboxylic acids is 1. The number of carbonyl (C=O) groups is 3. The van der Waals surface area contributed by atoms with Gasteiger partial charge in [-0.05, 0) is 18.2 Å². The number of amides is 2. The molecule has 0 bridgehead atoms. The van der Waals surface area contributed by atoms with Gasteiger partial charge in [0.05, 0.1) is 11.0 Å². The first-order valence-corrected chi connectivity index (χ1v) is 6.38. The molecule has 8 heteroatoms. The fourth-order valence-corrected chi connectivity index (χ4v) is 2.32. The van der Waals surface area contributed by atoms with E-state index in [1.807, 2.05) is 0 Å². The number of imide groups is 1. The van der Waals surface area contributed by atoms with Crippen molar-refractivity contribution in [3.8, 4) is 0 Å². The molecule has 3 rings (SSSR count). The maximum atomic E-state index is 13.1. The minimum Gasteiger partial charge on any atom is -0.480 e. The van der Waals surface area contributed by atoms with Crippen LogP contribution < -0.4 is 0 Å². The summed E-state index contributed by atoms with van der Waals surface area (Å²) >= 11 is 0. The van der Waals surface area contributed by atoms with Crippen LogP contribution >= 0.6 is 0 Å². The summed E-state index contributed by atoms with van der Waals surface area (Å²) in [6.45, 7) is 0. The summed E-state index contributed by atoms with van der Waals surface area (Å²) in [7, 11) is 0. The second-order valence-corrected chi connectivity index (χ2v) is 4.78. The molecule has 0 radical (unpaired) electrons. The number of nitrogens with one attached hydrogen (secondary N) is 1. The molecule has 1 atom stereocenters. The number of rotatable bonds is 4. The molecule has 1 aromatic carbocycles. The van der Waals surface area contributed by atoms with Crippen LogP contribution in [0, 0.1) is 5.82 Å². The number of aromatic nitrogens is 2. The third-order valence-electron chi connectivity index (χ3n) is 3.32. The van der Waals surface area contributed by atoms with Crippen LogP contribution in [0.2, 0.25) is 0 Å². The Morgan fingerprint density at radius 3 is 2.64 bits per heavy atom. The summed E-state index contributed by atoms with van der Waals surface area (Å²) in [6.07, 6.45) is 1.85. The Morgan fingerprint density at radius 2 is 2.00 bits per heavy atom. The first kappa shape index (κ1) is 13.9. The van der Waals surface area contributed by atoms with E-state index in [0.29, 0.717) is 15.9 Å². The van der Waals surface area contributed by atoms with Gasteiger partial charge >= 0.3 is 5.97 Å². The minimum atomic E-state index is -1.37. The van der Waals surface area contributed by atoms with Crippen molar-refractivity contribution in [2.45, 2.75) is 12.5 Å². The number of hydrogen-bond acceptors (Lipinski definition) is 4. The number of benzene rings is 1. The lowest BCUT2D eigenvalue weighted by Crippen LogP contribution is -2.46. The molecule has 112 valence electrons. The zero-order chi connectivity index (χ0) is 15.9. The van der Waals surface area contributed by atoms with Crippen LogP contribution in [-0.4, -0.2) is 43.8 Å². The third-order valence-corrected chi connectivity index (χ3v) is 3.32. The van der Waals surface area contributed by atoms with Crippen LogP contribution in [-0.2, 0) is 20.8 Å². The quantitative estimate of drug-likeness (QED) is 0.806. The molecule has 1 aromatic heterocycles. The van der Waals surface area contributed by atoms with Crippen LogP contribution in [0.25, 0.3) is 11.0 Å². The summed E-state index contributed by atoms with van der Waals surface area (Å²) in [5.41, 5.74) is 0.883. The Hall–Kier alpha value is -3.03. The fraction of sp³-hybridized carbons (Fsp3) is 0.143. The highest BCUT2D eigenvalue weighted by Crippen LogP contribution is 2.17. The minimum absolute atomic E-state index is 0.190. The van der Waals surface area contributed by atoms with Crippen LogP contribution in [0.4, 0.5) is 4.39 Å². The Bertz CT molecular complexity index is 809. The third kappa shape index (κ3) is 2.34. The highest BCUT2D eigenvalue weighted by atomic mass is 19.1. The highest BCUT2D eigenvalue weighted by molar-refractivity contribution is 6.14. The van der Waals surface area contributed by atoms with Gasteiger partial charge in [-0.25, -0.2) is 14.2 Å². The fourth-order valence-electron chi connectivity index (χ4n) is 2.32. The predicted octanol–water partition coefficient (Wildman–Crippen LogP) is 0.623. The topological polar surface area (TPSA) is 103 Å². The number of H-pyrrole nitrogens is 1. The number of aliphatic carboxylic acids is 1. The number of imidazole rings is 1. The van der Waals surface area contributed by atoms with Crippen molar-refractivity contribution >= 4 is 28.8 Å². The number of nitrogens with zero attached hydrogens (tertiary/aromatic N) is 2. The van der Waals surface area contributed by atoms with Crippen molar-refractivity contribution in [3.05, 3.63) is 42.0 Å². The van der Waals surface area contributed by atoms with E-state index in [4.69, 9.17) is 0 Å². The van der Waals surface area contributed by atoms with Gasteiger partial charge in [0.1, 0.15) is 17.7 Å². The zero-order valence-electron chi connectivity index (χ0n) is 11.1. The summed E-state index contributed by atoms with van der Waals surface area (Å²) in [4.78, 5) is 42.2. The van der Waals surface area contributed by atoms with Crippen molar-refractivity contribution in [1.29, 1.82) is 0 Å². The monoisotopic (exact) mass is 303 g/mol. The molecule has 2 N–H and O–H groups in total. The van der Waals surface area contributed by atoms with Gasteiger partial charge in [0, 0.05) is 18.6 Å². The number of carboxylic acid groups (broad SMARTS) is 1. The molecular weight excluding hydrogens is 293 g/mol. The van der Waals surface area contributed by atoms with E-state index in [2.05, 4.69) is 9.97 Å². The maximum Gasteiger partial charge on any atom is 0.327 e. The smallest absolute Gasteiger partial charge is 0.327 e. The number of carbonyl (C=O) groups excluding carboxylic acids is 2. The van der Waals surface area contributed by atoms with Crippen molar-refractivity contribution in [1.82, 2.24) is 14.9 Å². The van der Waals surface area contributed by atoms with Gasteiger partial charge in [0.15, 0.2) is 0 Å². The maximum absolute atomic E-state index is 13.1. The van der Waals surface area contributed by atoms with Gasteiger partial charge in [-0.2, -0.15) is 0 Å². The van der Waals surface area contributed by atoms with E-state index in [1.165, 1.54) is 18.2 Å². The Balaban J connectivity index is 1.91. The molecule has 1 aliphatic heterocycles. The van der Waals surface area contributed by atoms with Crippen molar-refractivity contribution < 1.29 is 23.9 Å². The number of halogens is 1. The lowest BCUT2D eigenvalue weighted by molar-refractivity contribution is -0.153. The van der Waals surface area contributed by atoms with Gasteiger partial charge in [0.2, 0.25) is 0 Å². The van der Waals surface area contributed by atoms with Crippen LogP contribution in [0.15, 0.2) is 30.4 Å². The normalized spacial score (nSPS) is 15.8. The Morgan fingerprint density at radius 1 is 1.32 bits per heavy atom. The van der Waals surface area contributed by atoms with E-state index in [1.54, 1.807) is 0 Å². The summed E-state index contributed by atoms with van der Waals surface area (Å²) < 4.78 is 13.1. The van der Waals surface area contributed by atoms with Crippen LogP contribution in [0.5, 0.6) is 0 Å². The van der Waals surface area contributed by atoms with Gasteiger partial charge in [-0.3, -0.25) is 14.5 Å². The molecule has 2 heterocycles. The van der Waals surface area contributed by atoms with Gasteiger partial charge < -0.3 is 10.1 Å². The highest BCUT2D eigenvalue weighted by Gasteiger charge is 2.36. The van der Waals surface area contributed by atoms with E-state index >= 15 is 0 Å². The number of aromatic amines is 1. The van der Waals surface area contributed by atoms with E-state index < -0.39 is 29.6 Å². The Labute approximate surface area is 123 Å². The molecule has 7 nitrogen and oxygen atoms in total. The molecule has 0 fully saturated rings. The van der Waals surface area contributed by atoms with E-state index in [9.17, 15) is 23.9 Å². The molecule has 0 saturated heterocycles. The molecule has 0 saturated carbocycles. The molecule has 2 amide bonds. The zero-order valence-corrected chi connectivity index (χ0v) is 11.1. The largest absolute Gasteiger partial charge is 0.480 e. The summed E-state index contributed by atoms with van der Waals surface area (Å²) in [5.74, 6) is -2.89. The van der Waals surface area contributed by atoms with Crippen molar-refractivity contribution in [3.63, 3.8) is 0 Å². The van der Waals surface area contributed by atoms with Crippen LogP contribution in [0.3, 0.4) is 0 Å². The second kappa shape index (κ2) is 5.06. The average molecular weight is 303 g/mol. The second-order valence-electron chi connectivity index (χ2n) is 4.78. The summed E-state index contributed by atoms with van der Waals surface area (Å²) in [6, 6.07) is 2.54. The lowest BCUT2D eigenvalue weighted by atomic mass is 10.1. The summed E-state index contributed by atoms with van der Waals surface area (Å²) in [5, 5.41) is 9.27. The molecule has 0 aliphatic carbocycles. The van der Waals surface area contributed by atoms with E-state index in [-0.39, 0.29) is 12.2 Å². The Kier molecular flexibility index (Phi) is 3.21. The predicted molar refractivity (Wildman–Crippen MR) is 72.2 cm³/mol. The average Bonchev–Trinajstić information content (AvgIpc) is 2.99. The SMILES string of the molecule is O=C(O)[C@@H](Cc1nc2ccc(F)cc2[nH]1)N1C(=O)C=CC1=O. The molecule has 2 aromatic rings. The van der Waals surface area contributed by atoms with Gasteiger partial charge in [-0.15, -0.1) is 0 Å². The molecule has 0 unspecified atom stereocenters. The van der Waals surface area contributed by atoms with Gasteiger partial charge in [0.25, 0.3) is 11.8 Å². The van der Waals surface area contributed by atoms with Crippen molar-refractivity contribution in [2.24, 2.45) is 0 Å². The van der Waals surface area contributed by atoms with Crippen molar-refractivity contribution in [2.75, 3.05) is 0 Å². The molecule has 0 spiro atoms. The molecule has 22 heavy (non-hydrogen) atoms. The number of hydrogen-bond donors (Lipinski definition) is 2. The number of fused-ring (bicyclic) bond motifs is 1. The van der Waals surface area contributed by atoms with Gasteiger partial charge in [-0.1, -0.05) is 0 Å². The molecular formula is C14H10FN3O4. The first-order chi connectivity index (χ1) is 10.5.